The first-order valence-electron chi connectivity index (χ1n) is 7.19. The summed E-state index contributed by atoms with van der Waals surface area (Å²) in [6, 6.07) is 9.81. The second-order valence-corrected chi connectivity index (χ2v) is 5.69. The van der Waals surface area contributed by atoms with Crippen LogP contribution in [0.5, 0.6) is 0 Å². The highest BCUT2D eigenvalue weighted by molar-refractivity contribution is 5.98. The van der Waals surface area contributed by atoms with Crippen LogP contribution in [0.3, 0.4) is 0 Å². The Labute approximate surface area is 127 Å². The second-order valence-electron chi connectivity index (χ2n) is 5.69. The van der Waals surface area contributed by atoms with Gasteiger partial charge < -0.3 is 14.8 Å². The molecule has 0 spiro atoms. The lowest BCUT2D eigenvalue weighted by molar-refractivity contribution is -0.136. The molecule has 1 saturated carbocycles. The van der Waals surface area contributed by atoms with Crippen molar-refractivity contribution in [3.05, 3.63) is 59.0 Å². The Kier molecular flexibility index (Phi) is 3.48. The SMILES string of the molecule is Cc1coc(CC(=O)O)c1C(=O)NC1(c2ccccc2)CC1. The Morgan fingerprint density at radius 3 is 2.55 bits per heavy atom. The third-order valence-electron chi connectivity index (χ3n) is 4.02. The van der Waals surface area contributed by atoms with Crippen LogP contribution in [0.1, 0.15) is 40.1 Å². The van der Waals surface area contributed by atoms with Crippen LogP contribution in [0.25, 0.3) is 0 Å². The fraction of sp³-hybridized carbons (Fsp3) is 0.294. The van der Waals surface area contributed by atoms with Gasteiger partial charge in [0.1, 0.15) is 12.2 Å². The topological polar surface area (TPSA) is 79.5 Å². The molecule has 1 aromatic heterocycles. The maximum Gasteiger partial charge on any atom is 0.311 e. The number of rotatable bonds is 5. The van der Waals surface area contributed by atoms with Crippen LogP contribution in [-0.2, 0) is 16.8 Å². The first-order valence-corrected chi connectivity index (χ1v) is 7.19. The van der Waals surface area contributed by atoms with Gasteiger partial charge in [-0.25, -0.2) is 0 Å². The van der Waals surface area contributed by atoms with Crippen molar-refractivity contribution < 1.29 is 19.1 Å². The molecule has 1 fully saturated rings. The van der Waals surface area contributed by atoms with Gasteiger partial charge in [-0.1, -0.05) is 30.3 Å². The number of nitrogens with one attached hydrogen (secondary N) is 1. The molecule has 1 aromatic carbocycles. The van der Waals surface area contributed by atoms with Crippen LogP contribution in [0.4, 0.5) is 0 Å². The quantitative estimate of drug-likeness (QED) is 0.889. The molecule has 5 nitrogen and oxygen atoms in total. The first-order chi connectivity index (χ1) is 10.5. The van der Waals surface area contributed by atoms with Crippen LogP contribution in [0.2, 0.25) is 0 Å². The highest BCUT2D eigenvalue weighted by Gasteiger charge is 2.46. The Morgan fingerprint density at radius 1 is 1.27 bits per heavy atom. The minimum Gasteiger partial charge on any atom is -0.481 e. The third kappa shape index (κ3) is 2.62. The zero-order valence-corrected chi connectivity index (χ0v) is 12.3. The van der Waals surface area contributed by atoms with E-state index in [2.05, 4.69) is 5.32 Å². The predicted molar refractivity (Wildman–Crippen MR) is 79.6 cm³/mol. The molecule has 0 aliphatic heterocycles. The predicted octanol–water partition coefficient (Wildman–Crippen LogP) is 2.63. The standard InChI is InChI=1S/C17H17NO4/c1-11-10-22-13(9-14(19)20)15(11)16(21)18-17(7-8-17)12-5-3-2-4-6-12/h2-6,10H,7-9H2,1H3,(H,18,21)(H,19,20). The molecule has 0 bridgehead atoms. The third-order valence-corrected chi connectivity index (χ3v) is 4.02. The minimum absolute atomic E-state index is 0.200. The average Bonchev–Trinajstić information content (AvgIpc) is 3.17. The largest absolute Gasteiger partial charge is 0.481 e. The van der Waals surface area contributed by atoms with E-state index >= 15 is 0 Å². The van der Waals surface area contributed by atoms with Gasteiger partial charge in [-0.05, 0) is 25.3 Å². The van der Waals surface area contributed by atoms with E-state index in [-0.39, 0.29) is 23.6 Å². The van der Waals surface area contributed by atoms with E-state index < -0.39 is 5.97 Å². The Balaban J connectivity index is 1.84. The van der Waals surface area contributed by atoms with Gasteiger partial charge in [0.25, 0.3) is 5.91 Å². The number of carboxylic acids is 1. The van der Waals surface area contributed by atoms with Crippen LogP contribution >= 0.6 is 0 Å². The number of benzene rings is 1. The summed E-state index contributed by atoms with van der Waals surface area (Å²) in [5.41, 5.74) is 1.73. The van der Waals surface area contributed by atoms with E-state index in [0.717, 1.165) is 18.4 Å². The summed E-state index contributed by atoms with van der Waals surface area (Å²) in [6.45, 7) is 1.74. The van der Waals surface area contributed by atoms with Crippen molar-refractivity contribution in [3.63, 3.8) is 0 Å². The molecule has 2 aromatic rings. The van der Waals surface area contributed by atoms with Gasteiger partial charge in [0.2, 0.25) is 0 Å². The zero-order valence-electron chi connectivity index (χ0n) is 12.3. The molecule has 5 heteroatoms. The van der Waals surface area contributed by atoms with Crippen molar-refractivity contribution in [2.24, 2.45) is 0 Å². The van der Waals surface area contributed by atoms with E-state index in [1.54, 1.807) is 6.92 Å². The Bertz CT molecular complexity index is 714. The molecule has 0 atom stereocenters. The number of aryl methyl sites for hydroxylation is 1. The summed E-state index contributed by atoms with van der Waals surface area (Å²) in [5.74, 6) is -1.09. The average molecular weight is 299 g/mol. The molecule has 22 heavy (non-hydrogen) atoms. The number of hydrogen-bond acceptors (Lipinski definition) is 3. The number of amides is 1. The van der Waals surface area contributed by atoms with Crippen LogP contribution < -0.4 is 5.32 Å². The van der Waals surface area contributed by atoms with E-state index in [9.17, 15) is 9.59 Å². The molecular weight excluding hydrogens is 282 g/mol. The lowest BCUT2D eigenvalue weighted by Crippen LogP contribution is -2.35. The van der Waals surface area contributed by atoms with E-state index in [1.807, 2.05) is 30.3 Å². The van der Waals surface area contributed by atoms with Crippen molar-refractivity contribution in [1.29, 1.82) is 0 Å². The highest BCUT2D eigenvalue weighted by Crippen LogP contribution is 2.45. The number of carboxylic acid groups (broad SMARTS) is 1. The lowest BCUT2D eigenvalue weighted by atomic mass is 10.0. The van der Waals surface area contributed by atoms with Gasteiger partial charge in [0, 0.05) is 5.56 Å². The van der Waals surface area contributed by atoms with E-state index in [0.29, 0.717) is 11.1 Å². The Hall–Kier alpha value is -2.56. The Morgan fingerprint density at radius 2 is 1.95 bits per heavy atom. The summed E-state index contributed by atoms with van der Waals surface area (Å²) >= 11 is 0. The van der Waals surface area contributed by atoms with Crippen molar-refractivity contribution in [2.75, 3.05) is 0 Å². The number of carbonyl (C=O) groups is 2. The molecule has 0 unspecified atom stereocenters. The zero-order chi connectivity index (χ0) is 15.7. The summed E-state index contributed by atoms with van der Waals surface area (Å²) < 4.78 is 5.23. The summed E-state index contributed by atoms with van der Waals surface area (Å²) in [5, 5.41) is 12.0. The lowest BCUT2D eigenvalue weighted by Gasteiger charge is -2.18. The normalized spacial score (nSPS) is 15.3. The van der Waals surface area contributed by atoms with Crippen molar-refractivity contribution in [3.8, 4) is 0 Å². The highest BCUT2D eigenvalue weighted by atomic mass is 16.4. The van der Waals surface area contributed by atoms with Gasteiger partial charge >= 0.3 is 5.97 Å². The molecule has 1 heterocycles. The van der Waals surface area contributed by atoms with Crippen molar-refractivity contribution >= 4 is 11.9 Å². The number of furan rings is 1. The molecule has 1 aliphatic carbocycles. The summed E-state index contributed by atoms with van der Waals surface area (Å²) in [7, 11) is 0. The monoisotopic (exact) mass is 299 g/mol. The van der Waals surface area contributed by atoms with Gasteiger partial charge in [-0.3, -0.25) is 9.59 Å². The number of aliphatic carboxylic acids is 1. The van der Waals surface area contributed by atoms with Crippen LogP contribution in [0.15, 0.2) is 41.0 Å². The molecule has 1 amide bonds. The van der Waals surface area contributed by atoms with Crippen LogP contribution in [0, 0.1) is 6.92 Å². The van der Waals surface area contributed by atoms with Gasteiger partial charge in [0.15, 0.2) is 0 Å². The minimum atomic E-state index is -1.02. The van der Waals surface area contributed by atoms with Gasteiger partial charge in [0.05, 0.1) is 17.4 Å². The molecule has 0 radical (unpaired) electrons. The van der Waals surface area contributed by atoms with Crippen LogP contribution in [-0.4, -0.2) is 17.0 Å². The second kappa shape index (κ2) is 5.33. The molecular formula is C17H17NO4. The van der Waals surface area contributed by atoms with Gasteiger partial charge in [-0.15, -0.1) is 0 Å². The maximum atomic E-state index is 12.6. The maximum absolute atomic E-state index is 12.6. The van der Waals surface area contributed by atoms with Crippen molar-refractivity contribution in [2.45, 2.75) is 31.7 Å². The van der Waals surface area contributed by atoms with Gasteiger partial charge in [-0.2, -0.15) is 0 Å². The summed E-state index contributed by atoms with van der Waals surface area (Å²) in [6.07, 6.45) is 2.89. The summed E-state index contributed by atoms with van der Waals surface area (Å²) in [4.78, 5) is 23.5. The smallest absolute Gasteiger partial charge is 0.311 e. The van der Waals surface area contributed by atoms with E-state index in [1.165, 1.54) is 6.26 Å². The first kappa shape index (κ1) is 14.4. The van der Waals surface area contributed by atoms with Crippen molar-refractivity contribution in [1.82, 2.24) is 5.32 Å². The molecule has 0 saturated heterocycles. The number of carbonyl (C=O) groups excluding carboxylic acids is 1. The van der Waals surface area contributed by atoms with E-state index in [4.69, 9.17) is 9.52 Å². The number of hydrogen-bond donors (Lipinski definition) is 2. The molecule has 3 rings (SSSR count). The molecule has 1 aliphatic rings. The molecule has 2 N–H and O–H groups in total. The fourth-order valence-corrected chi connectivity index (χ4v) is 2.72. The molecule has 114 valence electrons. The fourth-order valence-electron chi connectivity index (χ4n) is 2.72.